The quantitative estimate of drug-likeness (QED) is 0.521. The molecule has 0 aliphatic rings. The van der Waals surface area contributed by atoms with Crippen LogP contribution in [0.3, 0.4) is 0 Å². The van der Waals surface area contributed by atoms with E-state index in [1.807, 2.05) is 19.1 Å². The van der Waals surface area contributed by atoms with Gasteiger partial charge >= 0.3 is 0 Å². The van der Waals surface area contributed by atoms with Crippen LogP contribution >= 0.6 is 0 Å². The molecule has 8 nitrogen and oxygen atoms in total. The molecule has 0 heterocycles. The summed E-state index contributed by atoms with van der Waals surface area (Å²) in [4.78, 5) is 46.5. The van der Waals surface area contributed by atoms with Crippen LogP contribution in [0.15, 0.2) is 48.5 Å². The normalized spacial score (nSPS) is 10.0. The van der Waals surface area contributed by atoms with Crippen LogP contribution in [0, 0.1) is 6.92 Å². The molecule has 28 heavy (non-hydrogen) atoms. The van der Waals surface area contributed by atoms with Gasteiger partial charge in [-0.1, -0.05) is 30.3 Å². The van der Waals surface area contributed by atoms with Gasteiger partial charge in [0.1, 0.15) is 0 Å². The number of amides is 4. The molecular formula is C20H22N4O4. The third kappa shape index (κ3) is 6.24. The zero-order valence-corrected chi connectivity index (χ0v) is 15.5. The highest BCUT2D eigenvalue weighted by Crippen LogP contribution is 2.06. The third-order valence-corrected chi connectivity index (χ3v) is 3.93. The molecule has 0 fully saturated rings. The molecule has 0 spiro atoms. The van der Waals surface area contributed by atoms with E-state index in [9.17, 15) is 19.2 Å². The number of aryl methyl sites for hydroxylation is 1. The standard InChI is InChI=1S/C20H22N4O4/c1-13-4-2-3-5-16(13)20(28)24-12-18(26)22-10-14-6-8-15(9-7-14)19(27)23-11-17(21)25/h2-9H,10-12H2,1H3,(H2,21,25)(H,22,26)(H,23,27)(H,24,28). The van der Waals surface area contributed by atoms with E-state index in [1.165, 1.54) is 0 Å². The number of primary amides is 1. The fourth-order valence-electron chi connectivity index (χ4n) is 2.39. The highest BCUT2D eigenvalue weighted by Gasteiger charge is 2.10. The molecule has 0 saturated carbocycles. The number of carbonyl (C=O) groups excluding carboxylic acids is 4. The summed E-state index contributed by atoms with van der Waals surface area (Å²) in [5.74, 6) is -1.67. The van der Waals surface area contributed by atoms with Crippen LogP contribution in [0.4, 0.5) is 0 Å². The molecule has 8 heteroatoms. The maximum Gasteiger partial charge on any atom is 0.251 e. The molecule has 5 N–H and O–H groups in total. The van der Waals surface area contributed by atoms with Crippen LogP contribution < -0.4 is 21.7 Å². The summed E-state index contributed by atoms with van der Waals surface area (Å²) in [6.45, 7) is 1.71. The van der Waals surface area contributed by atoms with Gasteiger partial charge in [0.25, 0.3) is 11.8 Å². The molecule has 0 unspecified atom stereocenters. The average molecular weight is 382 g/mol. The summed E-state index contributed by atoms with van der Waals surface area (Å²) in [6, 6.07) is 13.7. The fraction of sp³-hybridized carbons (Fsp3) is 0.200. The fourth-order valence-corrected chi connectivity index (χ4v) is 2.39. The number of nitrogens with two attached hydrogens (primary N) is 1. The lowest BCUT2D eigenvalue weighted by atomic mass is 10.1. The first kappa shape index (κ1) is 20.6. The van der Waals surface area contributed by atoms with Gasteiger partial charge in [-0.05, 0) is 36.2 Å². The van der Waals surface area contributed by atoms with Gasteiger partial charge in [-0.25, -0.2) is 0 Å². The molecule has 4 amide bonds. The second-order valence-electron chi connectivity index (χ2n) is 6.12. The second-order valence-corrected chi connectivity index (χ2v) is 6.12. The van der Waals surface area contributed by atoms with Crippen molar-refractivity contribution in [2.75, 3.05) is 13.1 Å². The lowest BCUT2D eigenvalue weighted by Crippen LogP contribution is -2.36. The first-order chi connectivity index (χ1) is 13.4. The number of nitrogens with one attached hydrogen (secondary N) is 3. The minimum atomic E-state index is -0.623. The Morgan fingerprint density at radius 2 is 1.46 bits per heavy atom. The third-order valence-electron chi connectivity index (χ3n) is 3.93. The van der Waals surface area contributed by atoms with E-state index in [0.717, 1.165) is 11.1 Å². The summed E-state index contributed by atoms with van der Waals surface area (Å²) < 4.78 is 0. The number of hydrogen-bond donors (Lipinski definition) is 4. The Kier molecular flexibility index (Phi) is 7.27. The van der Waals surface area contributed by atoms with Crippen molar-refractivity contribution in [3.8, 4) is 0 Å². The molecule has 0 atom stereocenters. The van der Waals surface area contributed by atoms with E-state index in [1.54, 1.807) is 36.4 Å². The summed E-state index contributed by atoms with van der Waals surface area (Å²) in [6.07, 6.45) is 0. The molecule has 146 valence electrons. The van der Waals surface area contributed by atoms with Crippen LogP contribution in [-0.2, 0) is 16.1 Å². The second kappa shape index (κ2) is 9.86. The van der Waals surface area contributed by atoms with Gasteiger partial charge in [-0.15, -0.1) is 0 Å². The zero-order chi connectivity index (χ0) is 20.5. The summed E-state index contributed by atoms with van der Waals surface area (Å²) >= 11 is 0. The van der Waals surface area contributed by atoms with Crippen molar-refractivity contribution in [3.63, 3.8) is 0 Å². The molecule has 0 saturated heterocycles. The Bertz CT molecular complexity index is 878. The van der Waals surface area contributed by atoms with E-state index in [4.69, 9.17) is 5.73 Å². The summed E-state index contributed by atoms with van der Waals surface area (Å²) in [7, 11) is 0. The molecule has 2 rings (SSSR count). The molecule has 0 aromatic heterocycles. The SMILES string of the molecule is Cc1ccccc1C(=O)NCC(=O)NCc1ccc(C(=O)NCC(N)=O)cc1. The van der Waals surface area contributed by atoms with E-state index in [2.05, 4.69) is 16.0 Å². The van der Waals surface area contributed by atoms with Gasteiger partial charge < -0.3 is 21.7 Å². The van der Waals surface area contributed by atoms with Crippen LogP contribution in [-0.4, -0.2) is 36.7 Å². The van der Waals surface area contributed by atoms with Crippen molar-refractivity contribution in [1.29, 1.82) is 0 Å². The van der Waals surface area contributed by atoms with Gasteiger partial charge in [0.15, 0.2) is 0 Å². The first-order valence-electron chi connectivity index (χ1n) is 8.63. The Balaban J connectivity index is 1.78. The topological polar surface area (TPSA) is 130 Å². The Labute approximate surface area is 162 Å². The van der Waals surface area contributed by atoms with Crippen molar-refractivity contribution in [3.05, 3.63) is 70.8 Å². The van der Waals surface area contributed by atoms with Crippen LogP contribution in [0.5, 0.6) is 0 Å². The number of carbonyl (C=O) groups is 4. The number of hydrogen-bond acceptors (Lipinski definition) is 4. The van der Waals surface area contributed by atoms with Crippen LogP contribution in [0.25, 0.3) is 0 Å². The minimum Gasteiger partial charge on any atom is -0.368 e. The number of rotatable bonds is 8. The Hall–Kier alpha value is -3.68. The van der Waals surface area contributed by atoms with Gasteiger partial charge in [0.2, 0.25) is 11.8 Å². The lowest BCUT2D eigenvalue weighted by molar-refractivity contribution is -0.120. The van der Waals surface area contributed by atoms with Gasteiger partial charge in [0, 0.05) is 17.7 Å². The summed E-state index contributed by atoms with van der Waals surface area (Å²) in [5, 5.41) is 7.66. The first-order valence-corrected chi connectivity index (χ1v) is 8.63. The van der Waals surface area contributed by atoms with E-state index >= 15 is 0 Å². The predicted octanol–water partition coefficient (Wildman–Crippen LogP) is 0.256. The smallest absolute Gasteiger partial charge is 0.251 e. The lowest BCUT2D eigenvalue weighted by Gasteiger charge is -2.09. The molecular weight excluding hydrogens is 360 g/mol. The van der Waals surface area contributed by atoms with E-state index in [-0.39, 0.29) is 31.4 Å². The highest BCUT2D eigenvalue weighted by atomic mass is 16.2. The largest absolute Gasteiger partial charge is 0.368 e. The van der Waals surface area contributed by atoms with E-state index < -0.39 is 11.8 Å². The van der Waals surface area contributed by atoms with Gasteiger partial charge in [0.05, 0.1) is 13.1 Å². The minimum absolute atomic E-state index is 0.138. The van der Waals surface area contributed by atoms with Crippen LogP contribution in [0.2, 0.25) is 0 Å². The Morgan fingerprint density at radius 1 is 0.821 bits per heavy atom. The average Bonchev–Trinajstić information content (AvgIpc) is 2.69. The van der Waals surface area contributed by atoms with Crippen molar-refractivity contribution in [1.82, 2.24) is 16.0 Å². The van der Waals surface area contributed by atoms with Crippen molar-refractivity contribution >= 4 is 23.6 Å². The summed E-state index contributed by atoms with van der Waals surface area (Å²) in [5.41, 5.74) is 7.50. The predicted molar refractivity (Wildman–Crippen MR) is 103 cm³/mol. The molecule has 0 aliphatic heterocycles. The van der Waals surface area contributed by atoms with Gasteiger partial charge in [-0.2, -0.15) is 0 Å². The van der Waals surface area contributed by atoms with E-state index in [0.29, 0.717) is 11.1 Å². The Morgan fingerprint density at radius 3 is 2.11 bits per heavy atom. The van der Waals surface area contributed by atoms with Crippen molar-refractivity contribution in [2.24, 2.45) is 5.73 Å². The molecule has 0 radical (unpaired) electrons. The molecule has 2 aromatic rings. The number of benzene rings is 2. The van der Waals surface area contributed by atoms with Crippen LogP contribution in [0.1, 0.15) is 31.8 Å². The monoisotopic (exact) mass is 382 g/mol. The highest BCUT2D eigenvalue weighted by molar-refractivity contribution is 5.97. The zero-order valence-electron chi connectivity index (χ0n) is 15.5. The molecule has 0 aliphatic carbocycles. The maximum absolute atomic E-state index is 12.1. The molecule has 0 bridgehead atoms. The molecule has 2 aromatic carbocycles. The maximum atomic E-state index is 12.1. The van der Waals surface area contributed by atoms with Gasteiger partial charge in [-0.3, -0.25) is 19.2 Å². The van der Waals surface area contributed by atoms with Crippen molar-refractivity contribution < 1.29 is 19.2 Å². The van der Waals surface area contributed by atoms with Crippen molar-refractivity contribution in [2.45, 2.75) is 13.5 Å².